The number of benzene rings is 2. The highest BCUT2D eigenvalue weighted by Crippen LogP contribution is 2.35. The number of carboxylic acid groups (broad SMARTS) is 1. The van der Waals surface area contributed by atoms with Gasteiger partial charge in [0.15, 0.2) is 0 Å². The molecule has 2 aromatic rings. The van der Waals surface area contributed by atoms with Crippen molar-refractivity contribution in [2.45, 2.75) is 65.0 Å². The molecule has 1 aliphatic rings. The Hall–Kier alpha value is -3.35. The van der Waals surface area contributed by atoms with Crippen LogP contribution < -0.4 is 15.4 Å². The third kappa shape index (κ3) is 6.83. The zero-order valence-corrected chi connectivity index (χ0v) is 20.1. The van der Waals surface area contributed by atoms with Crippen molar-refractivity contribution >= 4 is 17.8 Å². The van der Waals surface area contributed by atoms with Gasteiger partial charge in [-0.2, -0.15) is 0 Å². The van der Waals surface area contributed by atoms with E-state index in [0.717, 1.165) is 41.7 Å². The first-order chi connectivity index (χ1) is 16.2. The lowest BCUT2D eigenvalue weighted by atomic mass is 9.93. The second kappa shape index (κ2) is 11.7. The smallest absolute Gasteiger partial charge is 0.305 e. The van der Waals surface area contributed by atoms with E-state index in [9.17, 15) is 19.5 Å². The van der Waals surface area contributed by atoms with Crippen LogP contribution in [0.5, 0.6) is 5.75 Å². The molecule has 0 saturated carbocycles. The fourth-order valence-corrected chi connectivity index (χ4v) is 4.52. The first kappa shape index (κ1) is 25.3. The maximum absolute atomic E-state index is 13.2. The number of hydrogen-bond acceptors (Lipinski definition) is 4. The number of carboxylic acids is 1. The van der Waals surface area contributed by atoms with E-state index in [1.165, 1.54) is 6.92 Å². The van der Waals surface area contributed by atoms with Gasteiger partial charge in [0.25, 0.3) is 0 Å². The molecule has 2 amide bonds. The van der Waals surface area contributed by atoms with Crippen molar-refractivity contribution < 1.29 is 24.2 Å². The number of aliphatic carboxylic acids is 1. The largest absolute Gasteiger partial charge is 0.493 e. The number of nitrogens with one attached hydrogen (secondary N) is 2. The third-order valence-electron chi connectivity index (χ3n) is 6.19. The normalized spacial score (nSPS) is 21.5. The Balaban J connectivity index is 2.04. The summed E-state index contributed by atoms with van der Waals surface area (Å²) < 4.78 is 6.16. The SMILES string of the molecule is CC(=O)N[C@H]1CC(C)CCCCOc2cccc(C)c2-c2cccc(c2)[C@H](CC(=O)O)NC1=O. The Morgan fingerprint density at radius 1 is 1.18 bits per heavy atom. The summed E-state index contributed by atoms with van der Waals surface area (Å²) in [5.41, 5.74) is 3.59. The number of fused-ring (bicyclic) bond motifs is 4. The van der Waals surface area contributed by atoms with Gasteiger partial charge in [-0.05, 0) is 60.9 Å². The van der Waals surface area contributed by atoms with Gasteiger partial charge in [-0.3, -0.25) is 14.4 Å². The van der Waals surface area contributed by atoms with Crippen molar-refractivity contribution in [2.24, 2.45) is 5.92 Å². The molecule has 182 valence electrons. The van der Waals surface area contributed by atoms with E-state index in [1.807, 2.05) is 49.4 Å². The summed E-state index contributed by atoms with van der Waals surface area (Å²) in [6, 6.07) is 12.0. The van der Waals surface area contributed by atoms with Crippen LogP contribution in [0.2, 0.25) is 0 Å². The van der Waals surface area contributed by atoms with Gasteiger partial charge in [-0.25, -0.2) is 0 Å². The standard InChI is InChI=1S/C27H34N2O5/c1-17-8-4-5-13-34-24-12-6-9-18(2)26(24)21-11-7-10-20(15-21)22(16-25(31)32)29-27(33)23(14-17)28-19(3)30/h6-7,9-12,15,17,22-23H,4-5,8,13-14,16H2,1-3H3,(H,28,30)(H,29,33)(H,31,32)/t17?,22-,23-/m0/s1. The number of carbonyl (C=O) groups excluding carboxylic acids is 2. The molecule has 2 bridgehead atoms. The lowest BCUT2D eigenvalue weighted by Crippen LogP contribution is -2.48. The van der Waals surface area contributed by atoms with E-state index in [1.54, 1.807) is 0 Å². The molecule has 0 aromatic heterocycles. The minimum Gasteiger partial charge on any atom is -0.493 e. The van der Waals surface area contributed by atoms with Gasteiger partial charge in [-0.15, -0.1) is 0 Å². The maximum Gasteiger partial charge on any atom is 0.305 e. The summed E-state index contributed by atoms with van der Waals surface area (Å²) >= 11 is 0. The van der Waals surface area contributed by atoms with Crippen LogP contribution in [0.3, 0.4) is 0 Å². The number of hydrogen-bond donors (Lipinski definition) is 3. The predicted molar refractivity (Wildman–Crippen MR) is 130 cm³/mol. The van der Waals surface area contributed by atoms with Gasteiger partial charge in [0.2, 0.25) is 11.8 Å². The quantitative estimate of drug-likeness (QED) is 0.622. The molecular formula is C27H34N2O5. The summed E-state index contributed by atoms with van der Waals surface area (Å²) in [4.78, 5) is 36.6. The second-order valence-electron chi connectivity index (χ2n) is 9.17. The molecular weight excluding hydrogens is 432 g/mol. The van der Waals surface area contributed by atoms with Crippen LogP contribution in [0.1, 0.15) is 63.1 Å². The molecule has 7 heteroatoms. The molecule has 0 radical (unpaired) electrons. The van der Waals surface area contributed by atoms with Crippen LogP contribution in [-0.2, 0) is 14.4 Å². The van der Waals surface area contributed by atoms with Gasteiger partial charge < -0.3 is 20.5 Å². The van der Waals surface area contributed by atoms with Crippen molar-refractivity contribution in [3.8, 4) is 16.9 Å². The predicted octanol–water partition coefficient (Wildman–Crippen LogP) is 4.39. The summed E-state index contributed by atoms with van der Waals surface area (Å²) in [5.74, 6) is -0.688. The minimum absolute atomic E-state index is 0.200. The Morgan fingerprint density at radius 3 is 2.68 bits per heavy atom. The summed E-state index contributed by atoms with van der Waals surface area (Å²) in [6.45, 7) is 6.04. The fraction of sp³-hybridized carbons (Fsp3) is 0.444. The number of aryl methyl sites for hydroxylation is 1. The first-order valence-electron chi connectivity index (χ1n) is 11.9. The zero-order valence-electron chi connectivity index (χ0n) is 20.1. The second-order valence-corrected chi connectivity index (χ2v) is 9.17. The molecule has 34 heavy (non-hydrogen) atoms. The molecule has 3 atom stereocenters. The van der Waals surface area contributed by atoms with Gasteiger partial charge in [-0.1, -0.05) is 43.7 Å². The monoisotopic (exact) mass is 466 g/mol. The molecule has 0 spiro atoms. The highest BCUT2D eigenvalue weighted by atomic mass is 16.5. The summed E-state index contributed by atoms with van der Waals surface area (Å²) in [5, 5.41) is 15.2. The van der Waals surface area contributed by atoms with Crippen LogP contribution in [0.4, 0.5) is 0 Å². The minimum atomic E-state index is -1.02. The molecule has 2 aromatic carbocycles. The van der Waals surface area contributed by atoms with E-state index in [4.69, 9.17) is 4.74 Å². The van der Waals surface area contributed by atoms with E-state index >= 15 is 0 Å². The van der Waals surface area contributed by atoms with E-state index in [2.05, 4.69) is 17.6 Å². The van der Waals surface area contributed by atoms with Crippen molar-refractivity contribution in [1.82, 2.24) is 10.6 Å². The molecule has 0 saturated heterocycles. The Bertz CT molecular complexity index is 1040. The Morgan fingerprint density at radius 2 is 1.94 bits per heavy atom. The Labute approximate surface area is 200 Å². The zero-order chi connectivity index (χ0) is 24.7. The van der Waals surface area contributed by atoms with Gasteiger partial charge in [0.05, 0.1) is 19.1 Å². The molecule has 1 aliphatic heterocycles. The maximum atomic E-state index is 13.2. The van der Waals surface area contributed by atoms with E-state index < -0.39 is 18.1 Å². The molecule has 1 heterocycles. The average Bonchev–Trinajstić information content (AvgIpc) is 2.77. The summed E-state index contributed by atoms with van der Waals surface area (Å²) in [6.07, 6.45) is 2.93. The molecule has 3 rings (SSSR count). The van der Waals surface area contributed by atoms with Gasteiger partial charge >= 0.3 is 5.97 Å². The van der Waals surface area contributed by atoms with Crippen molar-refractivity contribution in [2.75, 3.05) is 6.61 Å². The number of ether oxygens (including phenoxy) is 1. The van der Waals surface area contributed by atoms with E-state index in [-0.39, 0.29) is 24.2 Å². The van der Waals surface area contributed by atoms with Gasteiger partial charge in [0.1, 0.15) is 11.8 Å². The van der Waals surface area contributed by atoms with Crippen LogP contribution in [0.15, 0.2) is 42.5 Å². The van der Waals surface area contributed by atoms with Crippen LogP contribution in [0, 0.1) is 12.8 Å². The molecule has 7 nitrogen and oxygen atoms in total. The molecule has 0 fully saturated rings. The van der Waals surface area contributed by atoms with Crippen molar-refractivity contribution in [1.29, 1.82) is 0 Å². The Kier molecular flexibility index (Phi) is 8.68. The van der Waals surface area contributed by atoms with E-state index in [0.29, 0.717) is 18.6 Å². The van der Waals surface area contributed by atoms with Crippen LogP contribution >= 0.6 is 0 Å². The van der Waals surface area contributed by atoms with Crippen LogP contribution in [-0.4, -0.2) is 35.5 Å². The fourth-order valence-electron chi connectivity index (χ4n) is 4.52. The number of amides is 2. The lowest BCUT2D eigenvalue weighted by molar-refractivity contribution is -0.138. The highest BCUT2D eigenvalue weighted by Gasteiger charge is 2.26. The van der Waals surface area contributed by atoms with Gasteiger partial charge in [0, 0.05) is 12.5 Å². The molecule has 1 unspecified atom stereocenters. The van der Waals surface area contributed by atoms with Crippen LogP contribution in [0.25, 0.3) is 11.1 Å². The van der Waals surface area contributed by atoms with Crippen molar-refractivity contribution in [3.05, 3.63) is 53.6 Å². The third-order valence-corrected chi connectivity index (χ3v) is 6.19. The molecule has 3 N–H and O–H groups in total. The average molecular weight is 467 g/mol. The van der Waals surface area contributed by atoms with Crippen molar-refractivity contribution in [3.63, 3.8) is 0 Å². The highest BCUT2D eigenvalue weighted by molar-refractivity contribution is 5.87. The lowest BCUT2D eigenvalue weighted by Gasteiger charge is -2.25. The number of rotatable bonds is 3. The number of carbonyl (C=O) groups is 3. The summed E-state index contributed by atoms with van der Waals surface area (Å²) in [7, 11) is 0. The topological polar surface area (TPSA) is 105 Å². The first-order valence-corrected chi connectivity index (χ1v) is 11.9. The molecule has 0 aliphatic carbocycles.